The van der Waals surface area contributed by atoms with Crippen molar-refractivity contribution in [3.05, 3.63) is 35.4 Å². The molecule has 0 unspecified atom stereocenters. The smallest absolute Gasteiger partial charge is 0.341 e. The molecule has 0 saturated carbocycles. The molecular weight excluding hydrogens is 257 g/mol. The van der Waals surface area contributed by atoms with Crippen molar-refractivity contribution < 1.29 is 18.0 Å². The summed E-state index contributed by atoms with van der Waals surface area (Å²) in [5.74, 6) is -0.301. The first-order valence-corrected chi connectivity index (χ1v) is 6.06. The van der Waals surface area contributed by atoms with Gasteiger partial charge < -0.3 is 10.6 Å². The Morgan fingerprint density at radius 2 is 2.05 bits per heavy atom. The number of nitrogens with zero attached hydrogens (tertiary/aromatic N) is 1. The highest BCUT2D eigenvalue weighted by molar-refractivity contribution is 5.79. The molecule has 0 aromatic heterocycles. The van der Waals surface area contributed by atoms with Gasteiger partial charge in [-0.3, -0.25) is 4.79 Å². The number of benzene rings is 1. The van der Waals surface area contributed by atoms with E-state index in [-0.39, 0.29) is 23.9 Å². The Kier molecular flexibility index (Phi) is 3.80. The Hall–Kier alpha value is -1.56. The molecule has 1 atom stereocenters. The van der Waals surface area contributed by atoms with Gasteiger partial charge in [-0.2, -0.15) is 13.2 Å². The zero-order valence-corrected chi connectivity index (χ0v) is 10.3. The second-order valence-electron chi connectivity index (χ2n) is 4.72. The summed E-state index contributed by atoms with van der Waals surface area (Å²) >= 11 is 0. The van der Waals surface area contributed by atoms with Crippen molar-refractivity contribution in [2.75, 3.05) is 13.1 Å². The molecule has 1 aliphatic rings. The molecule has 6 heteroatoms. The van der Waals surface area contributed by atoms with Crippen LogP contribution in [0.4, 0.5) is 13.2 Å². The number of alkyl halides is 3. The largest absolute Gasteiger partial charge is 0.416 e. The van der Waals surface area contributed by atoms with Crippen LogP contribution < -0.4 is 5.73 Å². The molecule has 1 aromatic carbocycles. The highest BCUT2D eigenvalue weighted by Gasteiger charge is 2.34. The fourth-order valence-electron chi connectivity index (χ4n) is 2.24. The lowest BCUT2D eigenvalue weighted by atomic mass is 10.0. The lowest BCUT2D eigenvalue weighted by Crippen LogP contribution is -2.33. The third kappa shape index (κ3) is 3.26. The third-order valence-corrected chi connectivity index (χ3v) is 3.24. The van der Waals surface area contributed by atoms with Gasteiger partial charge in [0.1, 0.15) is 0 Å². The number of likely N-dealkylation sites (tertiary alicyclic amines) is 1. The van der Waals surface area contributed by atoms with E-state index in [0.717, 1.165) is 6.07 Å². The SMILES string of the molecule is N[C@@H]1CCN(C(=O)Cc2ccccc2C(F)(F)F)C1. The molecule has 104 valence electrons. The number of hydrogen-bond donors (Lipinski definition) is 1. The Morgan fingerprint density at radius 1 is 1.37 bits per heavy atom. The van der Waals surface area contributed by atoms with Gasteiger partial charge in [0.2, 0.25) is 5.91 Å². The first-order chi connectivity index (χ1) is 8.88. The Morgan fingerprint density at radius 3 is 2.63 bits per heavy atom. The first kappa shape index (κ1) is 13.9. The minimum atomic E-state index is -4.43. The van der Waals surface area contributed by atoms with Gasteiger partial charge in [-0.25, -0.2) is 0 Å². The molecular formula is C13H15F3N2O. The average Bonchev–Trinajstić information content (AvgIpc) is 2.75. The number of carbonyl (C=O) groups is 1. The fourth-order valence-corrected chi connectivity index (χ4v) is 2.24. The van der Waals surface area contributed by atoms with Gasteiger partial charge in [-0.15, -0.1) is 0 Å². The number of rotatable bonds is 2. The van der Waals surface area contributed by atoms with E-state index in [2.05, 4.69) is 0 Å². The fraction of sp³-hybridized carbons (Fsp3) is 0.462. The van der Waals surface area contributed by atoms with Gasteiger partial charge >= 0.3 is 6.18 Å². The number of amides is 1. The van der Waals surface area contributed by atoms with Gasteiger partial charge in [0.15, 0.2) is 0 Å². The summed E-state index contributed by atoms with van der Waals surface area (Å²) in [5.41, 5.74) is 4.95. The molecule has 1 fully saturated rings. The third-order valence-electron chi connectivity index (χ3n) is 3.24. The number of hydrogen-bond acceptors (Lipinski definition) is 2. The van der Waals surface area contributed by atoms with Crippen LogP contribution in [0.25, 0.3) is 0 Å². The van der Waals surface area contributed by atoms with Crippen LogP contribution in [0.15, 0.2) is 24.3 Å². The highest BCUT2D eigenvalue weighted by atomic mass is 19.4. The summed E-state index contributed by atoms with van der Waals surface area (Å²) in [5, 5.41) is 0. The second-order valence-corrected chi connectivity index (χ2v) is 4.72. The maximum atomic E-state index is 12.8. The number of halogens is 3. The van der Waals surface area contributed by atoms with Crippen LogP contribution in [0, 0.1) is 0 Å². The minimum Gasteiger partial charge on any atom is -0.341 e. The monoisotopic (exact) mass is 272 g/mol. The summed E-state index contributed by atoms with van der Waals surface area (Å²) < 4.78 is 38.4. The maximum absolute atomic E-state index is 12.8. The minimum absolute atomic E-state index is 0.0143. The van der Waals surface area contributed by atoms with Gasteiger partial charge in [-0.1, -0.05) is 18.2 Å². The summed E-state index contributed by atoms with van der Waals surface area (Å²) in [6.07, 6.45) is -3.96. The molecule has 1 amide bonds. The highest BCUT2D eigenvalue weighted by Crippen LogP contribution is 2.32. The van der Waals surface area contributed by atoms with Gasteiger partial charge in [0, 0.05) is 19.1 Å². The zero-order chi connectivity index (χ0) is 14.0. The van der Waals surface area contributed by atoms with Crippen LogP contribution in [0.3, 0.4) is 0 Å². The van der Waals surface area contributed by atoms with Gasteiger partial charge in [-0.05, 0) is 18.1 Å². The molecule has 1 aliphatic heterocycles. The quantitative estimate of drug-likeness (QED) is 0.892. The van der Waals surface area contributed by atoms with E-state index >= 15 is 0 Å². The lowest BCUT2D eigenvalue weighted by Gasteiger charge is -2.18. The van der Waals surface area contributed by atoms with E-state index in [1.165, 1.54) is 23.1 Å². The topological polar surface area (TPSA) is 46.3 Å². The zero-order valence-electron chi connectivity index (χ0n) is 10.3. The van der Waals surface area contributed by atoms with Crippen molar-refractivity contribution in [2.24, 2.45) is 5.73 Å². The van der Waals surface area contributed by atoms with Crippen LogP contribution in [0.2, 0.25) is 0 Å². The van der Waals surface area contributed by atoms with Crippen LogP contribution in [-0.2, 0) is 17.4 Å². The summed E-state index contributed by atoms with van der Waals surface area (Å²) in [4.78, 5) is 13.5. The molecule has 0 aliphatic carbocycles. The molecule has 0 bridgehead atoms. The van der Waals surface area contributed by atoms with Crippen molar-refractivity contribution in [2.45, 2.75) is 25.1 Å². The molecule has 2 rings (SSSR count). The molecule has 1 aromatic rings. The molecule has 2 N–H and O–H groups in total. The molecule has 1 saturated heterocycles. The standard InChI is InChI=1S/C13H15F3N2O/c14-13(15,16)11-4-2-1-3-9(11)7-12(19)18-6-5-10(17)8-18/h1-4,10H,5-8,17H2/t10-/m1/s1. The predicted molar refractivity (Wildman–Crippen MR) is 64.3 cm³/mol. The van der Waals surface area contributed by atoms with Gasteiger partial charge in [0.05, 0.1) is 12.0 Å². The average molecular weight is 272 g/mol. The van der Waals surface area contributed by atoms with Crippen molar-refractivity contribution in [1.82, 2.24) is 4.90 Å². The number of nitrogens with two attached hydrogens (primary N) is 1. The molecule has 0 spiro atoms. The van der Waals surface area contributed by atoms with E-state index in [9.17, 15) is 18.0 Å². The summed E-state index contributed by atoms with van der Waals surface area (Å²) in [6, 6.07) is 5.10. The molecule has 19 heavy (non-hydrogen) atoms. The first-order valence-electron chi connectivity index (χ1n) is 6.06. The lowest BCUT2D eigenvalue weighted by molar-refractivity contribution is -0.138. The van der Waals surface area contributed by atoms with Crippen LogP contribution >= 0.6 is 0 Å². The van der Waals surface area contributed by atoms with E-state index in [1.807, 2.05) is 0 Å². The number of carbonyl (C=O) groups excluding carboxylic acids is 1. The van der Waals surface area contributed by atoms with E-state index in [4.69, 9.17) is 5.73 Å². The predicted octanol–water partition coefficient (Wildman–Crippen LogP) is 1.81. The maximum Gasteiger partial charge on any atom is 0.416 e. The van der Waals surface area contributed by atoms with Crippen molar-refractivity contribution in [1.29, 1.82) is 0 Å². The van der Waals surface area contributed by atoms with E-state index < -0.39 is 11.7 Å². The van der Waals surface area contributed by atoms with Crippen LogP contribution in [0.5, 0.6) is 0 Å². The summed E-state index contributed by atoms with van der Waals surface area (Å²) in [6.45, 7) is 0.946. The normalized spacial score (nSPS) is 19.8. The summed E-state index contributed by atoms with van der Waals surface area (Å²) in [7, 11) is 0. The van der Waals surface area contributed by atoms with E-state index in [0.29, 0.717) is 19.5 Å². The Bertz CT molecular complexity index is 473. The van der Waals surface area contributed by atoms with E-state index in [1.54, 1.807) is 0 Å². The molecule has 1 heterocycles. The van der Waals surface area contributed by atoms with Crippen molar-refractivity contribution in [3.8, 4) is 0 Å². The second kappa shape index (κ2) is 5.21. The van der Waals surface area contributed by atoms with Gasteiger partial charge in [0.25, 0.3) is 0 Å². The molecule has 0 radical (unpaired) electrons. The Balaban J connectivity index is 2.13. The van der Waals surface area contributed by atoms with Crippen molar-refractivity contribution in [3.63, 3.8) is 0 Å². The van der Waals surface area contributed by atoms with Crippen molar-refractivity contribution >= 4 is 5.91 Å². The molecule has 3 nitrogen and oxygen atoms in total. The van der Waals surface area contributed by atoms with Crippen LogP contribution in [0.1, 0.15) is 17.5 Å². The Labute approximate surface area is 109 Å². The van der Waals surface area contributed by atoms with Crippen LogP contribution in [-0.4, -0.2) is 29.9 Å².